The fourth-order valence-electron chi connectivity index (χ4n) is 0.865. The first-order valence-corrected chi connectivity index (χ1v) is 3.88. The van der Waals surface area contributed by atoms with Crippen molar-refractivity contribution in [3.63, 3.8) is 0 Å². The molecule has 0 amide bonds. The molecule has 0 heterocycles. The molecule has 54 valence electrons. The SMILES string of the molecule is N#CC1=CC=CC(Br)(C#N)C1. The van der Waals surface area contributed by atoms with Crippen LogP contribution in [0.4, 0.5) is 0 Å². The van der Waals surface area contributed by atoms with Crippen molar-refractivity contribution in [2.24, 2.45) is 0 Å². The molecule has 0 aromatic rings. The number of alkyl halides is 1. The third-order valence-electron chi connectivity index (χ3n) is 1.44. The van der Waals surface area contributed by atoms with Gasteiger partial charge in [-0.3, -0.25) is 0 Å². The summed E-state index contributed by atoms with van der Waals surface area (Å²) in [7, 11) is 0. The van der Waals surface area contributed by atoms with E-state index in [-0.39, 0.29) is 0 Å². The van der Waals surface area contributed by atoms with Gasteiger partial charge in [0.15, 0.2) is 0 Å². The van der Waals surface area contributed by atoms with Gasteiger partial charge >= 0.3 is 0 Å². The van der Waals surface area contributed by atoms with Crippen molar-refractivity contribution in [3.8, 4) is 12.1 Å². The van der Waals surface area contributed by atoms with Gasteiger partial charge in [-0.25, -0.2) is 0 Å². The molecule has 1 rings (SSSR count). The molecule has 0 radical (unpaired) electrons. The van der Waals surface area contributed by atoms with E-state index in [1.54, 1.807) is 18.2 Å². The van der Waals surface area contributed by atoms with Gasteiger partial charge < -0.3 is 0 Å². The molecule has 0 spiro atoms. The molecule has 1 aliphatic carbocycles. The lowest BCUT2D eigenvalue weighted by Gasteiger charge is -2.16. The number of rotatable bonds is 0. The fourth-order valence-corrected chi connectivity index (χ4v) is 1.32. The van der Waals surface area contributed by atoms with Gasteiger partial charge in [0.05, 0.1) is 12.1 Å². The Kier molecular flexibility index (Phi) is 2.12. The van der Waals surface area contributed by atoms with Gasteiger partial charge in [-0.1, -0.05) is 28.1 Å². The van der Waals surface area contributed by atoms with E-state index >= 15 is 0 Å². The third kappa shape index (κ3) is 1.69. The van der Waals surface area contributed by atoms with E-state index in [9.17, 15) is 0 Å². The summed E-state index contributed by atoms with van der Waals surface area (Å²) >= 11 is 3.24. The van der Waals surface area contributed by atoms with Gasteiger partial charge in [0.2, 0.25) is 0 Å². The smallest absolute Gasteiger partial charge is 0.135 e. The summed E-state index contributed by atoms with van der Waals surface area (Å²) in [6.45, 7) is 0. The summed E-state index contributed by atoms with van der Waals surface area (Å²) in [5.41, 5.74) is 0.630. The highest BCUT2D eigenvalue weighted by Crippen LogP contribution is 2.30. The molecule has 0 aliphatic heterocycles. The van der Waals surface area contributed by atoms with Crippen molar-refractivity contribution in [2.75, 3.05) is 0 Å². The van der Waals surface area contributed by atoms with Crippen LogP contribution in [-0.2, 0) is 0 Å². The zero-order valence-corrected chi connectivity index (χ0v) is 7.30. The lowest BCUT2D eigenvalue weighted by Crippen LogP contribution is -2.16. The highest BCUT2D eigenvalue weighted by molar-refractivity contribution is 9.10. The van der Waals surface area contributed by atoms with Crippen molar-refractivity contribution in [1.29, 1.82) is 10.5 Å². The second kappa shape index (κ2) is 2.90. The van der Waals surface area contributed by atoms with E-state index < -0.39 is 4.32 Å². The predicted octanol–water partition coefficient (Wildman–Crippen LogP) is 2.05. The molecular weight excluding hydrogens is 204 g/mol. The van der Waals surface area contributed by atoms with Gasteiger partial charge in [-0.2, -0.15) is 10.5 Å². The van der Waals surface area contributed by atoms with Crippen LogP contribution in [0.25, 0.3) is 0 Å². The van der Waals surface area contributed by atoms with Crippen LogP contribution in [0.1, 0.15) is 6.42 Å². The van der Waals surface area contributed by atoms with Crippen LogP contribution in [0.3, 0.4) is 0 Å². The van der Waals surface area contributed by atoms with Crippen LogP contribution in [0.15, 0.2) is 23.8 Å². The number of hydrogen-bond acceptors (Lipinski definition) is 2. The lowest BCUT2D eigenvalue weighted by molar-refractivity contribution is 0.886. The molecule has 0 fully saturated rings. The molecule has 0 bridgehead atoms. The first kappa shape index (κ1) is 8.04. The maximum absolute atomic E-state index is 8.68. The van der Waals surface area contributed by atoms with Gasteiger partial charge in [0.1, 0.15) is 4.32 Å². The molecule has 0 N–H and O–H groups in total. The topological polar surface area (TPSA) is 47.6 Å². The Bertz CT molecular complexity index is 303. The van der Waals surface area contributed by atoms with Gasteiger partial charge in [-0.15, -0.1) is 0 Å². The summed E-state index contributed by atoms with van der Waals surface area (Å²) < 4.78 is -0.660. The Labute approximate surface area is 73.6 Å². The molecule has 0 aromatic carbocycles. The largest absolute Gasteiger partial charge is 0.196 e. The highest BCUT2D eigenvalue weighted by Gasteiger charge is 2.26. The summed E-state index contributed by atoms with van der Waals surface area (Å²) in [6, 6.07) is 4.10. The maximum Gasteiger partial charge on any atom is 0.135 e. The average Bonchev–Trinajstić information content (AvgIpc) is 2.05. The molecule has 0 aromatic heterocycles. The number of nitriles is 2. The number of halogens is 1. The van der Waals surface area contributed by atoms with Crippen LogP contribution in [0, 0.1) is 22.7 Å². The van der Waals surface area contributed by atoms with E-state index in [2.05, 4.69) is 22.0 Å². The Morgan fingerprint density at radius 1 is 1.55 bits per heavy atom. The highest BCUT2D eigenvalue weighted by atomic mass is 79.9. The minimum absolute atomic E-state index is 0.455. The van der Waals surface area contributed by atoms with Crippen LogP contribution < -0.4 is 0 Å². The average molecular weight is 209 g/mol. The van der Waals surface area contributed by atoms with Gasteiger partial charge in [0, 0.05) is 12.0 Å². The second-order valence-electron chi connectivity index (χ2n) is 2.31. The molecule has 2 nitrogen and oxygen atoms in total. The Balaban J connectivity index is 2.89. The van der Waals surface area contributed by atoms with Crippen molar-refractivity contribution >= 4 is 15.9 Å². The molecule has 0 saturated carbocycles. The van der Waals surface area contributed by atoms with Crippen molar-refractivity contribution in [1.82, 2.24) is 0 Å². The van der Waals surface area contributed by atoms with Gasteiger partial charge in [-0.05, 0) is 6.08 Å². The zero-order valence-electron chi connectivity index (χ0n) is 5.71. The Hall–Kier alpha value is -1.06. The van der Waals surface area contributed by atoms with E-state index in [1.807, 2.05) is 6.07 Å². The molecule has 1 unspecified atom stereocenters. The second-order valence-corrected chi connectivity index (χ2v) is 3.73. The van der Waals surface area contributed by atoms with E-state index in [4.69, 9.17) is 10.5 Å². The van der Waals surface area contributed by atoms with Crippen molar-refractivity contribution in [3.05, 3.63) is 23.8 Å². The standard InChI is InChI=1S/C8H5BrN2/c9-8(6-11)3-1-2-7(4-8)5-10/h1-3H,4H2. The van der Waals surface area contributed by atoms with Crippen LogP contribution in [0.5, 0.6) is 0 Å². The first-order chi connectivity index (χ1) is 5.20. The van der Waals surface area contributed by atoms with E-state index in [0.29, 0.717) is 12.0 Å². The minimum atomic E-state index is -0.660. The van der Waals surface area contributed by atoms with Gasteiger partial charge in [0.25, 0.3) is 0 Å². The quantitative estimate of drug-likeness (QED) is 0.573. The molecule has 0 saturated heterocycles. The van der Waals surface area contributed by atoms with Crippen LogP contribution >= 0.6 is 15.9 Å². The van der Waals surface area contributed by atoms with Crippen LogP contribution in [-0.4, -0.2) is 4.32 Å². The Morgan fingerprint density at radius 3 is 2.82 bits per heavy atom. The monoisotopic (exact) mass is 208 g/mol. The molecule has 1 atom stereocenters. The summed E-state index contributed by atoms with van der Waals surface area (Å²) in [5, 5.41) is 17.2. The number of nitrogens with zero attached hydrogens (tertiary/aromatic N) is 2. The van der Waals surface area contributed by atoms with Crippen molar-refractivity contribution in [2.45, 2.75) is 10.7 Å². The third-order valence-corrected chi connectivity index (χ3v) is 2.16. The number of hydrogen-bond donors (Lipinski definition) is 0. The van der Waals surface area contributed by atoms with E-state index in [1.165, 1.54) is 0 Å². The van der Waals surface area contributed by atoms with E-state index in [0.717, 1.165) is 0 Å². The predicted molar refractivity (Wildman–Crippen MR) is 44.7 cm³/mol. The summed E-state index contributed by atoms with van der Waals surface area (Å²) in [4.78, 5) is 0. The normalized spacial score (nSPS) is 28.5. The number of allylic oxidation sites excluding steroid dienone is 4. The molecule has 1 aliphatic rings. The maximum atomic E-state index is 8.68. The first-order valence-electron chi connectivity index (χ1n) is 3.09. The van der Waals surface area contributed by atoms with Crippen LogP contribution in [0.2, 0.25) is 0 Å². The summed E-state index contributed by atoms with van der Waals surface area (Å²) in [6.07, 6.45) is 5.64. The Morgan fingerprint density at radius 2 is 2.27 bits per heavy atom. The molecule has 11 heavy (non-hydrogen) atoms. The minimum Gasteiger partial charge on any atom is -0.196 e. The lowest BCUT2D eigenvalue weighted by atomic mass is 9.96. The zero-order chi connectivity index (χ0) is 8.32. The fraction of sp³-hybridized carbons (Fsp3) is 0.250. The summed E-state index contributed by atoms with van der Waals surface area (Å²) in [5.74, 6) is 0. The molecular formula is C8H5BrN2. The van der Waals surface area contributed by atoms with Crippen molar-refractivity contribution < 1.29 is 0 Å². The molecule has 3 heteroatoms.